The van der Waals surface area contributed by atoms with Crippen molar-refractivity contribution in [3.63, 3.8) is 0 Å². The number of hydrogen-bond donors (Lipinski definition) is 2. The van der Waals surface area contributed by atoms with Crippen molar-refractivity contribution in [2.24, 2.45) is 0 Å². The average molecular weight is 470 g/mol. The number of aromatic amines is 1. The summed E-state index contributed by atoms with van der Waals surface area (Å²) in [6.45, 7) is 0.253. The number of esters is 1. The van der Waals surface area contributed by atoms with E-state index < -0.39 is 29.5 Å². The molecule has 4 aromatic rings. The Bertz CT molecular complexity index is 1450. The van der Waals surface area contributed by atoms with E-state index in [0.29, 0.717) is 17.5 Å². The number of H-pyrrole nitrogens is 1. The van der Waals surface area contributed by atoms with Crippen LogP contribution in [0.25, 0.3) is 10.9 Å². The number of ether oxygens (including phenoxy) is 1. The lowest BCUT2D eigenvalue weighted by Crippen LogP contribution is -2.33. The summed E-state index contributed by atoms with van der Waals surface area (Å²) in [5.41, 5.74) is 2.84. The Morgan fingerprint density at radius 3 is 2.57 bits per heavy atom. The number of methoxy groups -OCH3 is 1. The molecule has 5 rings (SSSR count). The van der Waals surface area contributed by atoms with E-state index in [0.717, 1.165) is 16.5 Å². The minimum absolute atomic E-state index is 0.0222. The van der Waals surface area contributed by atoms with E-state index in [-0.39, 0.29) is 17.9 Å². The summed E-state index contributed by atoms with van der Waals surface area (Å²) in [5.74, 6) is -2.29. The van der Waals surface area contributed by atoms with Crippen LogP contribution in [0.4, 0.5) is 0 Å². The molecule has 2 aromatic carbocycles. The van der Waals surface area contributed by atoms with Gasteiger partial charge in [-0.2, -0.15) is 0 Å². The number of nitrogens with one attached hydrogen (secondary N) is 1. The first-order valence-corrected chi connectivity index (χ1v) is 11.0. The van der Waals surface area contributed by atoms with Crippen molar-refractivity contribution in [2.75, 3.05) is 13.7 Å². The number of furan rings is 1. The van der Waals surface area contributed by atoms with Crippen LogP contribution >= 0.6 is 0 Å². The number of aliphatic hydroxyl groups excluding tert-OH is 1. The average Bonchev–Trinajstić information content (AvgIpc) is 3.62. The summed E-state index contributed by atoms with van der Waals surface area (Å²) in [7, 11) is 1.29. The zero-order valence-electron chi connectivity index (χ0n) is 18.9. The standard InChI is InChI=1S/C27H22N2O6/c1-34-27(33)17-10-8-16(9-11-17)23-22(24(30)21-7-4-14-35-21)25(31)26(32)29(23)13-12-18-15-28-20-6-3-2-5-19(18)20/h2-11,14-15,23,28,31H,12-13H2,1H3. The molecule has 2 N–H and O–H groups in total. The first-order valence-electron chi connectivity index (χ1n) is 11.0. The number of fused-ring (bicyclic) bond motifs is 1. The second-order valence-corrected chi connectivity index (χ2v) is 8.19. The lowest BCUT2D eigenvalue weighted by atomic mass is 9.94. The minimum Gasteiger partial charge on any atom is -0.503 e. The van der Waals surface area contributed by atoms with Crippen LogP contribution in [0.1, 0.15) is 38.1 Å². The highest BCUT2D eigenvalue weighted by atomic mass is 16.5. The first-order chi connectivity index (χ1) is 17.0. The molecule has 0 saturated heterocycles. The fraction of sp³-hybridized carbons (Fsp3) is 0.148. The van der Waals surface area contributed by atoms with Crippen LogP contribution < -0.4 is 0 Å². The maximum absolute atomic E-state index is 13.3. The molecule has 1 unspecified atom stereocenters. The molecule has 0 aliphatic carbocycles. The lowest BCUT2D eigenvalue weighted by Gasteiger charge is -2.26. The molecule has 2 aromatic heterocycles. The van der Waals surface area contributed by atoms with Gasteiger partial charge >= 0.3 is 5.97 Å². The number of ketones is 1. The number of benzene rings is 2. The Kier molecular flexibility index (Phi) is 5.70. The van der Waals surface area contributed by atoms with E-state index in [4.69, 9.17) is 9.15 Å². The van der Waals surface area contributed by atoms with Crippen LogP contribution in [0.2, 0.25) is 0 Å². The minimum atomic E-state index is -0.850. The summed E-state index contributed by atoms with van der Waals surface area (Å²) in [6, 6.07) is 16.5. The van der Waals surface area contributed by atoms with Crippen LogP contribution in [0.15, 0.2) is 88.9 Å². The zero-order valence-corrected chi connectivity index (χ0v) is 18.9. The van der Waals surface area contributed by atoms with Gasteiger partial charge < -0.3 is 24.1 Å². The quantitative estimate of drug-likeness (QED) is 0.306. The number of aromatic nitrogens is 1. The fourth-order valence-corrected chi connectivity index (χ4v) is 4.50. The Balaban J connectivity index is 1.51. The van der Waals surface area contributed by atoms with Gasteiger partial charge in [0.2, 0.25) is 5.78 Å². The molecule has 1 amide bonds. The highest BCUT2D eigenvalue weighted by Crippen LogP contribution is 2.39. The number of Topliss-reactive ketones (excluding diaryl/α,β-unsaturated/α-hetero) is 1. The van der Waals surface area contributed by atoms with Crippen LogP contribution in [0.5, 0.6) is 0 Å². The molecule has 1 atom stereocenters. The molecular weight excluding hydrogens is 448 g/mol. The molecule has 8 heteroatoms. The van der Waals surface area contributed by atoms with E-state index in [2.05, 4.69) is 4.98 Å². The highest BCUT2D eigenvalue weighted by Gasteiger charge is 2.44. The lowest BCUT2D eigenvalue weighted by molar-refractivity contribution is -0.129. The summed E-state index contributed by atoms with van der Waals surface area (Å²) in [5, 5.41) is 11.8. The number of amides is 1. The topological polar surface area (TPSA) is 113 Å². The molecule has 0 fully saturated rings. The second-order valence-electron chi connectivity index (χ2n) is 8.19. The predicted molar refractivity (Wildman–Crippen MR) is 127 cm³/mol. The van der Waals surface area contributed by atoms with E-state index in [1.165, 1.54) is 24.3 Å². The molecular formula is C27H22N2O6. The normalized spacial score (nSPS) is 15.7. The van der Waals surface area contributed by atoms with Crippen molar-refractivity contribution < 1.29 is 28.6 Å². The molecule has 1 aliphatic rings. The summed E-state index contributed by atoms with van der Waals surface area (Å²) in [6.07, 6.45) is 3.76. The van der Waals surface area contributed by atoms with E-state index in [1.807, 2.05) is 30.5 Å². The molecule has 35 heavy (non-hydrogen) atoms. The third kappa shape index (κ3) is 3.89. The maximum atomic E-state index is 13.3. The Morgan fingerprint density at radius 2 is 1.86 bits per heavy atom. The van der Waals surface area contributed by atoms with Gasteiger partial charge in [-0.15, -0.1) is 0 Å². The monoisotopic (exact) mass is 470 g/mol. The zero-order chi connectivity index (χ0) is 24.5. The third-order valence-corrected chi connectivity index (χ3v) is 6.24. The first kappa shape index (κ1) is 22.2. The van der Waals surface area contributed by atoms with Crippen LogP contribution in [-0.2, 0) is 16.0 Å². The van der Waals surface area contributed by atoms with Crippen molar-refractivity contribution >= 4 is 28.6 Å². The molecule has 1 aliphatic heterocycles. The van der Waals surface area contributed by atoms with Crippen molar-refractivity contribution in [3.05, 3.63) is 107 Å². The van der Waals surface area contributed by atoms with Gasteiger partial charge in [0.25, 0.3) is 5.91 Å². The molecule has 0 radical (unpaired) electrons. The van der Waals surface area contributed by atoms with E-state index in [9.17, 15) is 19.5 Å². The Labute approximate surface area is 200 Å². The molecule has 8 nitrogen and oxygen atoms in total. The number of carbonyl (C=O) groups is 3. The van der Waals surface area contributed by atoms with Crippen molar-refractivity contribution in [1.82, 2.24) is 9.88 Å². The third-order valence-electron chi connectivity index (χ3n) is 6.24. The molecule has 0 bridgehead atoms. The van der Waals surface area contributed by atoms with Crippen LogP contribution in [0, 0.1) is 0 Å². The number of hydrogen-bond acceptors (Lipinski definition) is 6. The molecule has 0 spiro atoms. The molecule has 0 saturated carbocycles. The summed E-state index contributed by atoms with van der Waals surface area (Å²) >= 11 is 0. The van der Waals surface area contributed by atoms with Gasteiger partial charge in [0.15, 0.2) is 11.5 Å². The van der Waals surface area contributed by atoms with E-state index in [1.54, 1.807) is 30.3 Å². The van der Waals surface area contributed by atoms with Crippen molar-refractivity contribution in [2.45, 2.75) is 12.5 Å². The van der Waals surface area contributed by atoms with Crippen molar-refractivity contribution in [1.29, 1.82) is 0 Å². The molecule has 176 valence electrons. The van der Waals surface area contributed by atoms with E-state index >= 15 is 0 Å². The van der Waals surface area contributed by atoms with Crippen LogP contribution in [-0.4, -0.2) is 46.3 Å². The Hall–Kier alpha value is -4.59. The number of nitrogens with zero attached hydrogens (tertiary/aromatic N) is 1. The summed E-state index contributed by atoms with van der Waals surface area (Å²) < 4.78 is 10.0. The maximum Gasteiger partial charge on any atom is 0.337 e. The fourth-order valence-electron chi connectivity index (χ4n) is 4.50. The summed E-state index contributed by atoms with van der Waals surface area (Å²) in [4.78, 5) is 43.0. The predicted octanol–water partition coefficient (Wildman–Crippen LogP) is 4.37. The van der Waals surface area contributed by atoms with Gasteiger partial charge in [-0.05, 0) is 47.9 Å². The van der Waals surface area contributed by atoms with Gasteiger partial charge in [0.05, 0.1) is 30.6 Å². The van der Waals surface area contributed by atoms with Gasteiger partial charge in [0.1, 0.15) is 0 Å². The van der Waals surface area contributed by atoms with Gasteiger partial charge in [-0.3, -0.25) is 9.59 Å². The molecule has 3 heterocycles. The SMILES string of the molecule is COC(=O)c1ccc(C2C(C(=O)c3ccco3)=C(O)C(=O)N2CCc2c[nH]c3ccccc23)cc1. The largest absolute Gasteiger partial charge is 0.503 e. The van der Waals surface area contributed by atoms with Gasteiger partial charge in [-0.1, -0.05) is 30.3 Å². The Morgan fingerprint density at radius 1 is 1.09 bits per heavy atom. The number of carbonyl (C=O) groups excluding carboxylic acids is 3. The van der Waals surface area contributed by atoms with Crippen LogP contribution in [0.3, 0.4) is 0 Å². The number of rotatable bonds is 7. The highest BCUT2D eigenvalue weighted by molar-refractivity contribution is 6.15. The van der Waals surface area contributed by atoms with Crippen molar-refractivity contribution in [3.8, 4) is 0 Å². The number of aliphatic hydroxyl groups is 1. The second kappa shape index (κ2) is 8.98. The smallest absolute Gasteiger partial charge is 0.337 e. The number of para-hydroxylation sites is 1. The van der Waals surface area contributed by atoms with Gasteiger partial charge in [-0.25, -0.2) is 4.79 Å². The van der Waals surface area contributed by atoms with Gasteiger partial charge in [0, 0.05) is 23.6 Å².